The van der Waals surface area contributed by atoms with Crippen LogP contribution < -0.4 is 20.7 Å². The van der Waals surface area contributed by atoms with E-state index in [1.54, 1.807) is 6.07 Å². The standard InChI is InChI=1S/C25H35N7O/c1-18-8-12-30(13-9-18)24-27-23(28-25(29-24)31-14-10-19(2)11-15-31)26-16-20-6-7-21-4-3-5-22(33)32(21)17-20/h3-7,18-20H,8-17H2,1-2H3,(H,26,27,28,29). The Bertz CT molecular complexity index is 1010. The highest BCUT2D eigenvalue weighted by atomic mass is 16.1. The summed E-state index contributed by atoms with van der Waals surface area (Å²) < 4.78 is 1.83. The van der Waals surface area contributed by atoms with Crippen LogP contribution in [-0.2, 0) is 6.54 Å². The van der Waals surface area contributed by atoms with Gasteiger partial charge in [0.15, 0.2) is 0 Å². The van der Waals surface area contributed by atoms with Crippen molar-refractivity contribution in [2.75, 3.05) is 47.8 Å². The maximum Gasteiger partial charge on any atom is 0.250 e. The molecular weight excluding hydrogens is 414 g/mol. The molecular formula is C25H35N7O. The van der Waals surface area contributed by atoms with E-state index in [0.717, 1.165) is 55.6 Å². The topological polar surface area (TPSA) is 79.2 Å². The Hall–Kier alpha value is -2.90. The largest absolute Gasteiger partial charge is 0.353 e. The van der Waals surface area contributed by atoms with Crippen LogP contribution in [0.25, 0.3) is 6.08 Å². The van der Waals surface area contributed by atoms with Gasteiger partial charge in [-0.05, 0) is 49.7 Å². The van der Waals surface area contributed by atoms with Crippen molar-refractivity contribution in [3.63, 3.8) is 0 Å². The average molecular weight is 450 g/mol. The first-order valence-electron chi connectivity index (χ1n) is 12.4. The maximum absolute atomic E-state index is 12.2. The van der Waals surface area contributed by atoms with Gasteiger partial charge in [0.25, 0.3) is 5.56 Å². The van der Waals surface area contributed by atoms with Crippen LogP contribution in [0.3, 0.4) is 0 Å². The number of nitrogens with zero attached hydrogens (tertiary/aromatic N) is 6. The highest BCUT2D eigenvalue weighted by Gasteiger charge is 2.24. The number of pyridine rings is 1. The van der Waals surface area contributed by atoms with Gasteiger partial charge in [-0.25, -0.2) is 0 Å². The third kappa shape index (κ3) is 5.04. The van der Waals surface area contributed by atoms with Crippen LogP contribution >= 0.6 is 0 Å². The third-order valence-corrected chi connectivity index (χ3v) is 7.31. The molecule has 1 unspecified atom stereocenters. The normalized spacial score (nSPS) is 21.8. The summed E-state index contributed by atoms with van der Waals surface area (Å²) in [5, 5.41) is 3.46. The molecule has 2 aromatic heterocycles. The number of rotatable bonds is 5. The predicted molar refractivity (Wildman–Crippen MR) is 133 cm³/mol. The van der Waals surface area contributed by atoms with Crippen molar-refractivity contribution in [1.29, 1.82) is 0 Å². The molecule has 0 spiro atoms. The first kappa shape index (κ1) is 21.9. The summed E-state index contributed by atoms with van der Waals surface area (Å²) in [6.07, 6.45) is 8.89. The number of nitrogens with one attached hydrogen (secondary N) is 1. The van der Waals surface area contributed by atoms with Crippen LogP contribution in [0.5, 0.6) is 0 Å². The summed E-state index contributed by atoms with van der Waals surface area (Å²) >= 11 is 0. The maximum atomic E-state index is 12.2. The molecule has 1 N–H and O–H groups in total. The third-order valence-electron chi connectivity index (χ3n) is 7.31. The van der Waals surface area contributed by atoms with Crippen LogP contribution in [0.2, 0.25) is 0 Å². The van der Waals surface area contributed by atoms with Gasteiger partial charge in [-0.3, -0.25) is 4.79 Å². The predicted octanol–water partition coefficient (Wildman–Crippen LogP) is 3.26. The van der Waals surface area contributed by atoms with E-state index in [1.807, 2.05) is 22.8 Å². The van der Waals surface area contributed by atoms with Gasteiger partial charge in [-0.1, -0.05) is 26.0 Å². The number of hydrogen-bond donors (Lipinski definition) is 1. The molecule has 33 heavy (non-hydrogen) atoms. The molecule has 5 heterocycles. The van der Waals surface area contributed by atoms with E-state index in [2.05, 4.69) is 35.0 Å². The van der Waals surface area contributed by atoms with Crippen molar-refractivity contribution >= 4 is 23.9 Å². The number of aromatic nitrogens is 4. The number of anilines is 3. The van der Waals surface area contributed by atoms with Gasteiger partial charge < -0.3 is 19.7 Å². The van der Waals surface area contributed by atoms with Gasteiger partial charge in [-0.15, -0.1) is 0 Å². The van der Waals surface area contributed by atoms with Gasteiger partial charge in [0.1, 0.15) is 0 Å². The van der Waals surface area contributed by atoms with E-state index in [-0.39, 0.29) is 11.5 Å². The second-order valence-electron chi connectivity index (χ2n) is 10.00. The van der Waals surface area contributed by atoms with Crippen molar-refractivity contribution in [3.8, 4) is 0 Å². The Balaban J connectivity index is 1.33. The molecule has 5 rings (SSSR count). The number of hydrogen-bond acceptors (Lipinski definition) is 7. The molecule has 0 bridgehead atoms. The summed E-state index contributed by atoms with van der Waals surface area (Å²) in [5.74, 6) is 3.92. The van der Waals surface area contributed by atoms with E-state index in [4.69, 9.17) is 15.0 Å². The van der Waals surface area contributed by atoms with E-state index >= 15 is 0 Å². The lowest BCUT2D eigenvalue weighted by Crippen LogP contribution is -2.37. The van der Waals surface area contributed by atoms with Crippen LogP contribution in [0.1, 0.15) is 45.2 Å². The minimum Gasteiger partial charge on any atom is -0.353 e. The second kappa shape index (κ2) is 9.53. The van der Waals surface area contributed by atoms with Crippen molar-refractivity contribution in [2.45, 2.75) is 46.1 Å². The van der Waals surface area contributed by atoms with E-state index in [0.29, 0.717) is 19.0 Å². The molecule has 2 aromatic rings. The summed E-state index contributed by atoms with van der Waals surface area (Å²) in [4.78, 5) is 31.4. The molecule has 0 aromatic carbocycles. The zero-order chi connectivity index (χ0) is 22.8. The monoisotopic (exact) mass is 449 g/mol. The summed E-state index contributed by atoms with van der Waals surface area (Å²) in [7, 11) is 0. The van der Waals surface area contributed by atoms with Gasteiger partial charge >= 0.3 is 0 Å². The van der Waals surface area contributed by atoms with Crippen molar-refractivity contribution < 1.29 is 0 Å². The fraction of sp³-hybridized carbons (Fsp3) is 0.600. The Kier molecular flexibility index (Phi) is 6.33. The highest BCUT2D eigenvalue weighted by Crippen LogP contribution is 2.25. The van der Waals surface area contributed by atoms with Crippen LogP contribution in [0.4, 0.5) is 17.8 Å². The molecule has 1 atom stereocenters. The average Bonchev–Trinajstić information content (AvgIpc) is 2.84. The highest BCUT2D eigenvalue weighted by molar-refractivity contribution is 5.48. The minimum absolute atomic E-state index is 0.0465. The lowest BCUT2D eigenvalue weighted by molar-refractivity contribution is 0.429. The first-order chi connectivity index (χ1) is 16.0. The smallest absolute Gasteiger partial charge is 0.250 e. The zero-order valence-electron chi connectivity index (χ0n) is 19.8. The summed E-state index contributed by atoms with van der Waals surface area (Å²) in [6, 6.07) is 5.41. The molecule has 0 amide bonds. The fourth-order valence-electron chi connectivity index (χ4n) is 4.90. The molecule has 0 aliphatic carbocycles. The van der Waals surface area contributed by atoms with Crippen molar-refractivity contribution in [2.24, 2.45) is 17.8 Å². The Labute approximate surface area is 195 Å². The molecule has 3 aliphatic heterocycles. The van der Waals surface area contributed by atoms with Crippen LogP contribution in [0.15, 0.2) is 29.1 Å². The van der Waals surface area contributed by atoms with Crippen LogP contribution in [0, 0.1) is 17.8 Å². The van der Waals surface area contributed by atoms with Gasteiger partial charge in [0, 0.05) is 56.9 Å². The van der Waals surface area contributed by atoms with Crippen LogP contribution in [-0.4, -0.2) is 52.2 Å². The Morgan fingerprint density at radius 2 is 1.52 bits per heavy atom. The number of fused-ring (bicyclic) bond motifs is 1. The molecule has 8 nitrogen and oxygen atoms in total. The van der Waals surface area contributed by atoms with E-state index < -0.39 is 0 Å². The summed E-state index contributed by atoms with van der Waals surface area (Å²) in [5.41, 5.74) is 1.01. The SMILES string of the molecule is CC1CCN(c2nc(NCC3C=Cc4cccc(=O)n4C3)nc(N3CCC(C)CC3)n2)CC1. The molecule has 0 saturated carbocycles. The molecule has 8 heteroatoms. The second-order valence-corrected chi connectivity index (χ2v) is 10.00. The zero-order valence-corrected chi connectivity index (χ0v) is 19.8. The molecule has 176 valence electrons. The lowest BCUT2D eigenvalue weighted by atomic mass is 9.99. The summed E-state index contributed by atoms with van der Waals surface area (Å²) in [6.45, 7) is 9.95. The van der Waals surface area contributed by atoms with Crippen molar-refractivity contribution in [1.82, 2.24) is 19.5 Å². The molecule has 2 saturated heterocycles. The number of piperidine rings is 2. The lowest BCUT2D eigenvalue weighted by Gasteiger charge is -2.33. The van der Waals surface area contributed by atoms with E-state index in [9.17, 15) is 4.79 Å². The van der Waals surface area contributed by atoms with Gasteiger partial charge in [0.05, 0.1) is 0 Å². The first-order valence-corrected chi connectivity index (χ1v) is 12.4. The van der Waals surface area contributed by atoms with Gasteiger partial charge in [-0.2, -0.15) is 15.0 Å². The quantitative estimate of drug-likeness (QED) is 0.750. The molecule has 0 radical (unpaired) electrons. The fourth-order valence-corrected chi connectivity index (χ4v) is 4.90. The Morgan fingerprint density at radius 1 is 0.909 bits per heavy atom. The van der Waals surface area contributed by atoms with Crippen molar-refractivity contribution in [3.05, 3.63) is 40.3 Å². The minimum atomic E-state index is 0.0465. The van der Waals surface area contributed by atoms with E-state index in [1.165, 1.54) is 25.7 Å². The Morgan fingerprint density at radius 3 is 2.12 bits per heavy atom. The van der Waals surface area contributed by atoms with Gasteiger partial charge in [0.2, 0.25) is 17.8 Å². The molecule has 3 aliphatic rings. The molecule has 2 fully saturated rings.